The van der Waals surface area contributed by atoms with Gasteiger partial charge in [-0.25, -0.2) is 14.2 Å². The number of aromatic carboxylic acids is 1. The molecule has 0 bridgehead atoms. The quantitative estimate of drug-likeness (QED) is 0.451. The molecule has 0 saturated carbocycles. The Morgan fingerprint density at radius 2 is 1.77 bits per heavy atom. The van der Waals surface area contributed by atoms with Gasteiger partial charge in [0.15, 0.2) is 0 Å². The summed E-state index contributed by atoms with van der Waals surface area (Å²) in [6, 6.07) is 15.0. The molecule has 30 heavy (non-hydrogen) atoms. The van der Waals surface area contributed by atoms with E-state index in [0.29, 0.717) is 22.6 Å². The Labute approximate surface area is 168 Å². The van der Waals surface area contributed by atoms with Gasteiger partial charge in [-0.05, 0) is 54.1 Å². The lowest BCUT2D eigenvalue weighted by Gasteiger charge is -2.11. The molecule has 0 aliphatic heterocycles. The first-order valence-electron chi connectivity index (χ1n) is 8.89. The Balaban J connectivity index is 1.93. The Bertz CT molecular complexity index is 1260. The monoisotopic (exact) mass is 414 g/mol. The second kappa shape index (κ2) is 7.29. The number of carboxylic acid groups (broad SMARTS) is 1. The number of benzene rings is 3. The summed E-state index contributed by atoms with van der Waals surface area (Å²) in [5.41, 5.74) is 0.698. The summed E-state index contributed by atoms with van der Waals surface area (Å²) in [5.74, 6) is -1.22. The molecule has 1 aromatic heterocycles. The summed E-state index contributed by atoms with van der Waals surface area (Å²) in [6.07, 6.45) is -4.38. The van der Waals surface area contributed by atoms with Gasteiger partial charge in [-0.1, -0.05) is 18.2 Å². The average molecular weight is 414 g/mol. The Morgan fingerprint density at radius 3 is 2.47 bits per heavy atom. The summed E-state index contributed by atoms with van der Waals surface area (Å²) in [7, 11) is 0. The van der Waals surface area contributed by atoms with E-state index in [1.807, 2.05) is 0 Å². The Hall–Kier alpha value is -3.68. The van der Waals surface area contributed by atoms with E-state index in [2.05, 4.69) is 4.98 Å². The molecule has 0 fully saturated rings. The first-order chi connectivity index (χ1) is 14.2. The minimum atomic E-state index is -4.52. The zero-order chi connectivity index (χ0) is 21.5. The fraction of sp³-hybridized carbons (Fsp3) is 0.0909. The van der Waals surface area contributed by atoms with Gasteiger partial charge in [-0.3, -0.25) is 4.57 Å². The van der Waals surface area contributed by atoms with Gasteiger partial charge in [-0.2, -0.15) is 13.2 Å². The van der Waals surface area contributed by atoms with Gasteiger partial charge < -0.3 is 5.11 Å². The van der Waals surface area contributed by atoms with E-state index >= 15 is 0 Å². The molecule has 0 radical (unpaired) electrons. The van der Waals surface area contributed by atoms with Crippen molar-refractivity contribution in [3.63, 3.8) is 0 Å². The van der Waals surface area contributed by atoms with Gasteiger partial charge in [0.1, 0.15) is 11.6 Å². The fourth-order valence-electron chi connectivity index (χ4n) is 3.32. The highest BCUT2D eigenvalue weighted by Gasteiger charge is 2.31. The third kappa shape index (κ3) is 3.76. The molecule has 1 heterocycles. The molecular formula is C22H14F4N2O2. The molecule has 3 aromatic carbocycles. The maximum atomic E-state index is 13.6. The molecule has 1 N–H and O–H groups in total. The lowest BCUT2D eigenvalue weighted by Crippen LogP contribution is -2.05. The van der Waals surface area contributed by atoms with Crippen LogP contribution in [0.15, 0.2) is 66.7 Å². The number of halogens is 4. The fourth-order valence-corrected chi connectivity index (χ4v) is 3.32. The van der Waals surface area contributed by atoms with Crippen LogP contribution in [-0.2, 0) is 12.6 Å². The molecule has 0 aliphatic rings. The first kappa shape index (κ1) is 19.6. The molecule has 0 unspecified atom stereocenters. The molecule has 8 heteroatoms. The SMILES string of the molecule is O=C(O)c1cccc(-n2c(Cc3cccc(F)c3)nc3cc(C(F)(F)F)ccc32)c1. The largest absolute Gasteiger partial charge is 0.478 e. The second-order valence-electron chi connectivity index (χ2n) is 6.73. The number of imidazole rings is 1. The van der Waals surface area contributed by atoms with Crippen molar-refractivity contribution in [2.24, 2.45) is 0 Å². The minimum Gasteiger partial charge on any atom is -0.478 e. The molecule has 0 spiro atoms. The normalized spacial score (nSPS) is 11.7. The molecular weight excluding hydrogens is 400 g/mol. The van der Waals surface area contributed by atoms with Crippen LogP contribution in [-0.4, -0.2) is 20.6 Å². The van der Waals surface area contributed by atoms with Crippen LogP contribution in [0, 0.1) is 5.82 Å². The topological polar surface area (TPSA) is 55.1 Å². The van der Waals surface area contributed by atoms with Crippen LogP contribution in [0.1, 0.15) is 27.3 Å². The summed E-state index contributed by atoms with van der Waals surface area (Å²) in [4.78, 5) is 15.7. The van der Waals surface area contributed by atoms with Crippen LogP contribution >= 0.6 is 0 Å². The van der Waals surface area contributed by atoms with Crippen LogP contribution < -0.4 is 0 Å². The Morgan fingerprint density at radius 1 is 1.00 bits per heavy atom. The lowest BCUT2D eigenvalue weighted by molar-refractivity contribution is -0.137. The third-order valence-electron chi connectivity index (χ3n) is 4.65. The maximum absolute atomic E-state index is 13.6. The molecule has 0 amide bonds. The predicted molar refractivity (Wildman–Crippen MR) is 102 cm³/mol. The predicted octanol–water partition coefficient (Wildman–Crippen LogP) is 5.47. The van der Waals surface area contributed by atoms with Gasteiger partial charge in [0, 0.05) is 12.1 Å². The number of carboxylic acids is 1. The maximum Gasteiger partial charge on any atom is 0.416 e. The van der Waals surface area contributed by atoms with Crippen molar-refractivity contribution in [3.8, 4) is 5.69 Å². The van der Waals surface area contributed by atoms with Gasteiger partial charge in [0.25, 0.3) is 0 Å². The van der Waals surface area contributed by atoms with Crippen molar-refractivity contribution in [1.29, 1.82) is 0 Å². The van der Waals surface area contributed by atoms with Crippen molar-refractivity contribution in [2.45, 2.75) is 12.6 Å². The van der Waals surface area contributed by atoms with E-state index in [9.17, 15) is 27.5 Å². The van der Waals surface area contributed by atoms with E-state index in [0.717, 1.165) is 12.1 Å². The van der Waals surface area contributed by atoms with E-state index in [-0.39, 0.29) is 17.5 Å². The van der Waals surface area contributed by atoms with Crippen LogP contribution in [0.4, 0.5) is 17.6 Å². The van der Waals surface area contributed by atoms with Gasteiger partial charge in [-0.15, -0.1) is 0 Å². The van der Waals surface area contributed by atoms with Gasteiger partial charge >= 0.3 is 12.1 Å². The van der Waals surface area contributed by atoms with Gasteiger partial charge in [0.2, 0.25) is 0 Å². The molecule has 4 nitrogen and oxygen atoms in total. The van der Waals surface area contributed by atoms with E-state index < -0.39 is 23.5 Å². The highest BCUT2D eigenvalue weighted by atomic mass is 19.4. The number of rotatable bonds is 4. The number of nitrogens with zero attached hydrogens (tertiary/aromatic N) is 2. The number of fused-ring (bicyclic) bond motifs is 1. The average Bonchev–Trinajstić information content (AvgIpc) is 3.04. The number of carbonyl (C=O) groups is 1. The first-order valence-corrected chi connectivity index (χ1v) is 8.89. The number of alkyl halides is 3. The van der Waals surface area contributed by atoms with E-state index in [4.69, 9.17) is 0 Å². The van der Waals surface area contributed by atoms with Crippen molar-refractivity contribution in [1.82, 2.24) is 9.55 Å². The highest BCUT2D eigenvalue weighted by Crippen LogP contribution is 2.33. The molecule has 0 atom stereocenters. The lowest BCUT2D eigenvalue weighted by atomic mass is 10.1. The summed E-state index contributed by atoms with van der Waals surface area (Å²) in [6.45, 7) is 0. The van der Waals surface area contributed by atoms with Crippen LogP contribution in [0.25, 0.3) is 16.7 Å². The van der Waals surface area contributed by atoms with E-state index in [1.165, 1.54) is 36.4 Å². The third-order valence-corrected chi connectivity index (χ3v) is 4.65. The van der Waals surface area contributed by atoms with Crippen molar-refractivity contribution in [3.05, 3.63) is 95.1 Å². The minimum absolute atomic E-state index is 0.0259. The molecule has 0 saturated heterocycles. The number of aromatic nitrogens is 2. The standard InChI is InChI=1S/C22H14F4N2O2/c23-16-5-1-3-13(9-16)10-20-27-18-12-15(22(24,25)26)7-8-19(18)28(20)17-6-2-4-14(11-17)21(29)30/h1-9,11-12H,10H2,(H,29,30). The van der Waals surface area contributed by atoms with Crippen LogP contribution in [0.2, 0.25) is 0 Å². The number of hydrogen-bond acceptors (Lipinski definition) is 2. The zero-order valence-corrected chi connectivity index (χ0v) is 15.3. The molecule has 4 rings (SSSR count). The molecule has 152 valence electrons. The molecule has 4 aromatic rings. The van der Waals surface area contributed by atoms with Crippen LogP contribution in [0.3, 0.4) is 0 Å². The Kier molecular flexibility index (Phi) is 4.77. The number of hydrogen-bond donors (Lipinski definition) is 1. The van der Waals surface area contributed by atoms with Crippen molar-refractivity contribution >= 4 is 17.0 Å². The summed E-state index contributed by atoms with van der Waals surface area (Å²) < 4.78 is 54.6. The highest BCUT2D eigenvalue weighted by molar-refractivity contribution is 5.88. The molecule has 0 aliphatic carbocycles. The van der Waals surface area contributed by atoms with Crippen molar-refractivity contribution < 1.29 is 27.5 Å². The second-order valence-corrected chi connectivity index (χ2v) is 6.73. The van der Waals surface area contributed by atoms with E-state index in [1.54, 1.807) is 22.8 Å². The summed E-state index contributed by atoms with van der Waals surface area (Å²) in [5, 5.41) is 9.29. The van der Waals surface area contributed by atoms with Gasteiger partial charge in [0.05, 0.1) is 22.2 Å². The van der Waals surface area contributed by atoms with Crippen molar-refractivity contribution in [2.75, 3.05) is 0 Å². The van der Waals surface area contributed by atoms with Crippen LogP contribution in [0.5, 0.6) is 0 Å². The summed E-state index contributed by atoms with van der Waals surface area (Å²) >= 11 is 0. The smallest absolute Gasteiger partial charge is 0.416 e. The zero-order valence-electron chi connectivity index (χ0n) is 15.3.